The van der Waals surface area contributed by atoms with Crippen molar-refractivity contribution in [1.29, 1.82) is 0 Å². The summed E-state index contributed by atoms with van der Waals surface area (Å²) in [5.41, 5.74) is -5.60. The molecule has 0 aromatic heterocycles. The van der Waals surface area contributed by atoms with Crippen molar-refractivity contribution < 1.29 is 45.5 Å². The van der Waals surface area contributed by atoms with Crippen LogP contribution in [0.15, 0.2) is 18.2 Å². The largest absolute Gasteiger partial charge is 0.444 e. The van der Waals surface area contributed by atoms with Crippen molar-refractivity contribution in [2.24, 2.45) is 5.92 Å². The third-order valence-corrected chi connectivity index (χ3v) is 6.28. The SMILES string of the molecule is CN(C(=O)OC(C)(C)C)C(C)(C)C(=O)N1CCC(CC(=O)Nc2cc(C(F)(F)F)cc(C(F)(F)F)c2)CC1. The fourth-order valence-electron chi connectivity index (χ4n) is 3.93. The van der Waals surface area contributed by atoms with E-state index in [2.05, 4.69) is 5.32 Å². The molecule has 1 aromatic carbocycles. The molecule has 0 bridgehead atoms. The van der Waals surface area contributed by atoms with Gasteiger partial charge in [0, 0.05) is 32.2 Å². The maximum atomic E-state index is 13.1. The van der Waals surface area contributed by atoms with Crippen molar-refractivity contribution in [3.8, 4) is 0 Å². The number of ether oxygens (including phenoxy) is 1. The van der Waals surface area contributed by atoms with Gasteiger partial charge in [0.1, 0.15) is 11.1 Å². The van der Waals surface area contributed by atoms with Crippen LogP contribution in [0.2, 0.25) is 0 Å². The van der Waals surface area contributed by atoms with E-state index in [0.717, 1.165) is 0 Å². The molecule has 38 heavy (non-hydrogen) atoms. The van der Waals surface area contributed by atoms with Crippen LogP contribution in [-0.2, 0) is 26.7 Å². The number of hydrogen-bond acceptors (Lipinski definition) is 4. The number of hydrogen-bond donors (Lipinski definition) is 1. The van der Waals surface area contributed by atoms with Crippen LogP contribution < -0.4 is 5.32 Å². The van der Waals surface area contributed by atoms with Crippen LogP contribution >= 0.6 is 0 Å². The van der Waals surface area contributed by atoms with Gasteiger partial charge in [0.2, 0.25) is 11.8 Å². The van der Waals surface area contributed by atoms with Crippen LogP contribution in [0, 0.1) is 5.92 Å². The molecule has 214 valence electrons. The number of nitrogens with one attached hydrogen (secondary N) is 1. The predicted octanol–water partition coefficient (Wildman–Crippen LogP) is 5.94. The summed E-state index contributed by atoms with van der Waals surface area (Å²) in [4.78, 5) is 40.8. The Bertz CT molecular complexity index is 1010. The summed E-state index contributed by atoms with van der Waals surface area (Å²) in [6.07, 6.45) is -10.1. The van der Waals surface area contributed by atoms with Crippen molar-refractivity contribution in [1.82, 2.24) is 9.80 Å². The van der Waals surface area contributed by atoms with Gasteiger partial charge < -0.3 is 15.0 Å². The van der Waals surface area contributed by atoms with Crippen molar-refractivity contribution >= 4 is 23.6 Å². The molecule has 7 nitrogen and oxygen atoms in total. The standard InChI is InChI=1S/C25H33F6N3O4/c1-22(2,3)38-21(37)33(6)23(4,5)20(36)34-9-7-15(8-10-34)11-19(35)32-18-13-16(24(26,27)28)12-17(14-18)25(29,30)31/h12-15H,7-11H2,1-6H3,(H,32,35). The Kier molecular flexibility index (Phi) is 9.05. The fraction of sp³-hybridized carbons (Fsp3) is 0.640. The summed E-state index contributed by atoms with van der Waals surface area (Å²) in [7, 11) is 1.46. The Morgan fingerprint density at radius 2 is 1.39 bits per heavy atom. The number of anilines is 1. The lowest BCUT2D eigenvalue weighted by molar-refractivity contribution is -0.144. The molecular formula is C25H33F6N3O4. The first-order valence-corrected chi connectivity index (χ1v) is 12.0. The van der Waals surface area contributed by atoms with E-state index in [0.29, 0.717) is 25.0 Å². The molecule has 0 radical (unpaired) electrons. The minimum Gasteiger partial charge on any atom is -0.444 e. The van der Waals surface area contributed by atoms with Crippen LogP contribution in [0.1, 0.15) is 65.0 Å². The fourth-order valence-corrected chi connectivity index (χ4v) is 3.93. The molecular weight excluding hydrogens is 520 g/mol. The number of piperidine rings is 1. The maximum absolute atomic E-state index is 13.1. The smallest absolute Gasteiger partial charge is 0.416 e. The number of likely N-dealkylation sites (N-methyl/N-ethyl adjacent to an activating group) is 1. The quantitative estimate of drug-likeness (QED) is 0.458. The molecule has 0 unspecified atom stereocenters. The van der Waals surface area contributed by atoms with Crippen molar-refractivity contribution in [2.75, 3.05) is 25.5 Å². The third kappa shape index (κ3) is 8.26. The Morgan fingerprint density at radius 3 is 1.82 bits per heavy atom. The van der Waals surface area contributed by atoms with Crippen molar-refractivity contribution in [2.45, 2.75) is 77.4 Å². The molecule has 0 saturated carbocycles. The Balaban J connectivity index is 2.00. The average molecular weight is 554 g/mol. The second-order valence-electron chi connectivity index (χ2n) is 10.9. The molecule has 1 N–H and O–H groups in total. The van der Waals surface area contributed by atoms with Gasteiger partial charge in [-0.05, 0) is 71.6 Å². The van der Waals surface area contributed by atoms with E-state index in [1.54, 1.807) is 39.5 Å². The number of halogens is 6. The minimum absolute atomic E-state index is 0.00980. The highest BCUT2D eigenvalue weighted by Gasteiger charge is 2.41. The summed E-state index contributed by atoms with van der Waals surface area (Å²) in [5.74, 6) is -1.29. The van der Waals surface area contributed by atoms with Gasteiger partial charge in [-0.25, -0.2) is 4.79 Å². The number of carbonyl (C=O) groups excluding carboxylic acids is 3. The van der Waals surface area contributed by atoms with Gasteiger partial charge in [-0.2, -0.15) is 26.3 Å². The molecule has 1 fully saturated rings. The summed E-state index contributed by atoms with van der Waals surface area (Å²) in [5, 5.41) is 2.14. The molecule has 1 heterocycles. The zero-order valence-corrected chi connectivity index (χ0v) is 22.1. The van der Waals surface area contributed by atoms with Gasteiger partial charge in [-0.1, -0.05) is 0 Å². The average Bonchev–Trinajstić information content (AvgIpc) is 2.75. The lowest BCUT2D eigenvalue weighted by atomic mass is 9.91. The number of benzene rings is 1. The van der Waals surface area contributed by atoms with E-state index in [-0.39, 0.29) is 37.4 Å². The van der Waals surface area contributed by atoms with Crippen LogP contribution in [0.5, 0.6) is 0 Å². The molecule has 1 saturated heterocycles. The molecule has 1 aliphatic rings. The van der Waals surface area contributed by atoms with Crippen molar-refractivity contribution in [3.63, 3.8) is 0 Å². The van der Waals surface area contributed by atoms with Crippen LogP contribution in [0.3, 0.4) is 0 Å². The third-order valence-electron chi connectivity index (χ3n) is 6.28. The Labute approximate surface area is 217 Å². The number of carbonyl (C=O) groups is 3. The maximum Gasteiger partial charge on any atom is 0.416 e. The molecule has 1 aliphatic heterocycles. The van der Waals surface area contributed by atoms with E-state index in [9.17, 15) is 40.7 Å². The monoisotopic (exact) mass is 553 g/mol. The number of alkyl halides is 6. The number of rotatable bonds is 5. The Hall–Kier alpha value is -2.99. The van der Waals surface area contributed by atoms with Crippen LogP contribution in [-0.4, -0.2) is 59.0 Å². The number of nitrogens with zero attached hydrogens (tertiary/aromatic N) is 2. The zero-order chi connectivity index (χ0) is 29.3. The van der Waals surface area contributed by atoms with E-state index in [1.807, 2.05) is 0 Å². The van der Waals surface area contributed by atoms with Crippen molar-refractivity contribution in [3.05, 3.63) is 29.3 Å². The Morgan fingerprint density at radius 1 is 0.921 bits per heavy atom. The van der Waals surface area contributed by atoms with E-state index in [4.69, 9.17) is 4.74 Å². The van der Waals surface area contributed by atoms with Gasteiger partial charge >= 0.3 is 18.4 Å². The van der Waals surface area contributed by atoms with Gasteiger partial charge in [-0.15, -0.1) is 0 Å². The molecule has 3 amide bonds. The highest BCUT2D eigenvalue weighted by molar-refractivity contribution is 5.91. The second-order valence-corrected chi connectivity index (χ2v) is 10.9. The number of amides is 3. The van der Waals surface area contributed by atoms with Gasteiger partial charge in [0.05, 0.1) is 11.1 Å². The van der Waals surface area contributed by atoms with E-state index < -0.39 is 52.3 Å². The first kappa shape index (κ1) is 31.2. The topological polar surface area (TPSA) is 79.0 Å². The molecule has 1 aromatic rings. The predicted molar refractivity (Wildman–Crippen MR) is 127 cm³/mol. The second kappa shape index (κ2) is 11.0. The van der Waals surface area contributed by atoms with Crippen LogP contribution in [0.4, 0.5) is 36.8 Å². The summed E-state index contributed by atoms with van der Waals surface area (Å²) in [6, 6.07) is 0.902. The zero-order valence-electron chi connectivity index (χ0n) is 22.1. The molecule has 0 atom stereocenters. The highest BCUT2D eigenvalue weighted by atomic mass is 19.4. The van der Waals surface area contributed by atoms with E-state index in [1.165, 1.54) is 11.9 Å². The first-order valence-electron chi connectivity index (χ1n) is 12.0. The minimum atomic E-state index is -5.02. The highest BCUT2D eigenvalue weighted by Crippen LogP contribution is 2.37. The molecule has 0 spiro atoms. The van der Waals surface area contributed by atoms with Crippen LogP contribution in [0.25, 0.3) is 0 Å². The van der Waals surface area contributed by atoms with Gasteiger partial charge in [0.25, 0.3) is 0 Å². The molecule has 13 heteroatoms. The first-order chi connectivity index (χ1) is 17.1. The summed E-state index contributed by atoms with van der Waals surface area (Å²) >= 11 is 0. The number of likely N-dealkylation sites (tertiary alicyclic amines) is 1. The summed E-state index contributed by atoms with van der Waals surface area (Å²) in [6.45, 7) is 8.82. The van der Waals surface area contributed by atoms with E-state index >= 15 is 0 Å². The lowest BCUT2D eigenvalue weighted by Crippen LogP contribution is -2.58. The lowest BCUT2D eigenvalue weighted by Gasteiger charge is -2.41. The summed E-state index contributed by atoms with van der Waals surface area (Å²) < 4.78 is 83.7. The van der Waals surface area contributed by atoms with Gasteiger partial charge in [-0.3, -0.25) is 14.5 Å². The normalized spacial score (nSPS) is 15.7. The molecule has 0 aliphatic carbocycles. The molecule has 2 rings (SSSR count). The van der Waals surface area contributed by atoms with Gasteiger partial charge in [0.15, 0.2) is 0 Å².